The molecule has 1 fully saturated rings. The number of nitrogens with one attached hydrogen (secondary N) is 1. The van der Waals surface area contributed by atoms with Gasteiger partial charge in [-0.05, 0) is 39.8 Å². The maximum absolute atomic E-state index is 4.98. The molecule has 0 aromatic carbocycles. The molecule has 1 saturated heterocycles. The van der Waals surface area contributed by atoms with Crippen LogP contribution in [0.1, 0.15) is 32.6 Å². The number of likely N-dealkylation sites (tertiary alicyclic amines) is 1. The van der Waals surface area contributed by atoms with Gasteiger partial charge in [0.05, 0.1) is 0 Å². The van der Waals surface area contributed by atoms with Gasteiger partial charge in [-0.1, -0.05) is 16.8 Å². The lowest BCUT2D eigenvalue weighted by Gasteiger charge is -2.31. The fourth-order valence-electron chi connectivity index (χ4n) is 2.32. The molecular weight excluding hydrogens is 240 g/mol. The van der Waals surface area contributed by atoms with Gasteiger partial charge in [0.2, 0.25) is 5.89 Å². The molecule has 1 aromatic heterocycles. The van der Waals surface area contributed by atoms with Crippen molar-refractivity contribution in [2.75, 3.05) is 26.2 Å². The number of hydrogen-bond donors (Lipinski definition) is 1. The molecule has 1 N–H and O–H groups in total. The number of hydrogen-bond acceptors (Lipinski definition) is 5. The number of allylic oxidation sites excluding steroid dienone is 1. The summed E-state index contributed by atoms with van der Waals surface area (Å²) in [6, 6.07) is 0.630. The zero-order valence-corrected chi connectivity index (χ0v) is 11.9. The first-order valence-electron chi connectivity index (χ1n) is 7.08. The van der Waals surface area contributed by atoms with E-state index in [2.05, 4.69) is 40.3 Å². The first-order chi connectivity index (χ1) is 9.24. The Morgan fingerprint density at radius 1 is 1.47 bits per heavy atom. The van der Waals surface area contributed by atoms with Crippen LogP contribution in [-0.4, -0.2) is 47.3 Å². The first kappa shape index (κ1) is 14.2. The normalized spacial score (nSPS) is 17.6. The molecule has 0 radical (unpaired) electrons. The van der Waals surface area contributed by atoms with Crippen LogP contribution in [0.5, 0.6) is 0 Å². The van der Waals surface area contributed by atoms with Crippen LogP contribution in [0.2, 0.25) is 0 Å². The van der Waals surface area contributed by atoms with Gasteiger partial charge in [0, 0.05) is 25.6 Å². The molecule has 0 amide bonds. The summed E-state index contributed by atoms with van der Waals surface area (Å²) in [5.41, 5.74) is 1.40. The van der Waals surface area contributed by atoms with Crippen molar-refractivity contribution < 1.29 is 4.52 Å². The third-order valence-corrected chi connectivity index (χ3v) is 3.52. The van der Waals surface area contributed by atoms with Crippen LogP contribution >= 0.6 is 0 Å². The molecule has 0 aliphatic carbocycles. The lowest BCUT2D eigenvalue weighted by atomic mass is 10.0. The summed E-state index contributed by atoms with van der Waals surface area (Å²) >= 11 is 0. The fraction of sp³-hybridized carbons (Fsp3) is 0.714. The predicted octanol–water partition coefficient (Wildman–Crippen LogP) is 1.63. The Kier molecular flexibility index (Phi) is 5.54. The van der Waals surface area contributed by atoms with E-state index in [-0.39, 0.29) is 0 Å². The van der Waals surface area contributed by atoms with Gasteiger partial charge in [-0.2, -0.15) is 4.98 Å². The molecule has 0 saturated carbocycles. The van der Waals surface area contributed by atoms with Crippen molar-refractivity contribution in [3.63, 3.8) is 0 Å². The molecule has 0 unspecified atom stereocenters. The Hall–Kier alpha value is -1.20. The van der Waals surface area contributed by atoms with Gasteiger partial charge in [-0.15, -0.1) is 0 Å². The van der Waals surface area contributed by atoms with Crippen molar-refractivity contribution in [2.24, 2.45) is 0 Å². The zero-order chi connectivity index (χ0) is 13.5. The molecule has 0 bridgehead atoms. The molecule has 0 spiro atoms. The molecule has 1 aliphatic rings. The van der Waals surface area contributed by atoms with E-state index in [0.29, 0.717) is 11.9 Å². The smallest absolute Gasteiger partial charge is 0.227 e. The summed E-state index contributed by atoms with van der Waals surface area (Å²) in [7, 11) is 0. The van der Waals surface area contributed by atoms with Crippen LogP contribution in [0.15, 0.2) is 22.5 Å². The molecule has 5 nitrogen and oxygen atoms in total. The summed E-state index contributed by atoms with van der Waals surface area (Å²) in [5, 5.41) is 7.18. The van der Waals surface area contributed by atoms with Crippen molar-refractivity contribution in [3.8, 4) is 0 Å². The molecule has 0 atom stereocenters. The van der Waals surface area contributed by atoms with Crippen LogP contribution in [0.4, 0.5) is 0 Å². The number of nitrogens with zero attached hydrogens (tertiary/aromatic N) is 3. The van der Waals surface area contributed by atoms with Crippen LogP contribution in [0, 0.1) is 0 Å². The maximum Gasteiger partial charge on any atom is 0.227 e. The van der Waals surface area contributed by atoms with Crippen LogP contribution in [0.3, 0.4) is 0 Å². The van der Waals surface area contributed by atoms with E-state index in [9.17, 15) is 0 Å². The van der Waals surface area contributed by atoms with Crippen molar-refractivity contribution in [2.45, 2.75) is 39.2 Å². The fourth-order valence-corrected chi connectivity index (χ4v) is 2.32. The number of aromatic nitrogens is 2. The average molecular weight is 264 g/mol. The topological polar surface area (TPSA) is 54.2 Å². The second kappa shape index (κ2) is 7.40. The summed E-state index contributed by atoms with van der Waals surface area (Å²) in [6.45, 7) is 8.69. The standard InChI is InChI=1S/C14H24N4O/c1-12(2)4-8-18-9-5-13(6-10-18)15-7-3-14-16-11-17-19-14/h4,11,13,15H,3,5-10H2,1-2H3. The van der Waals surface area contributed by atoms with Crippen LogP contribution in [-0.2, 0) is 6.42 Å². The summed E-state index contributed by atoms with van der Waals surface area (Å²) in [5.74, 6) is 0.716. The zero-order valence-electron chi connectivity index (χ0n) is 11.9. The van der Waals surface area contributed by atoms with E-state index in [1.807, 2.05) is 0 Å². The van der Waals surface area contributed by atoms with Gasteiger partial charge in [-0.3, -0.25) is 4.90 Å². The molecule has 19 heavy (non-hydrogen) atoms. The Bertz CT molecular complexity index is 376. The molecule has 2 rings (SSSR count). The third-order valence-electron chi connectivity index (χ3n) is 3.52. The minimum atomic E-state index is 0.630. The highest BCUT2D eigenvalue weighted by atomic mass is 16.5. The Morgan fingerprint density at radius 3 is 2.89 bits per heavy atom. The van der Waals surface area contributed by atoms with Crippen LogP contribution < -0.4 is 5.32 Å². The highest BCUT2D eigenvalue weighted by Gasteiger charge is 2.17. The quantitative estimate of drug-likeness (QED) is 0.792. The second-order valence-electron chi connectivity index (χ2n) is 5.40. The molecule has 5 heteroatoms. The molecular formula is C14H24N4O. The minimum Gasteiger partial charge on any atom is -0.340 e. The molecule has 2 heterocycles. The average Bonchev–Trinajstić information content (AvgIpc) is 2.91. The first-order valence-corrected chi connectivity index (χ1v) is 7.08. The Balaban J connectivity index is 1.59. The Labute approximate surface area is 115 Å². The number of rotatable bonds is 6. The van der Waals surface area contributed by atoms with E-state index >= 15 is 0 Å². The highest BCUT2D eigenvalue weighted by molar-refractivity contribution is 4.95. The van der Waals surface area contributed by atoms with Gasteiger partial charge >= 0.3 is 0 Å². The van der Waals surface area contributed by atoms with Gasteiger partial charge in [-0.25, -0.2) is 0 Å². The summed E-state index contributed by atoms with van der Waals surface area (Å²) in [4.78, 5) is 6.54. The van der Waals surface area contributed by atoms with E-state index < -0.39 is 0 Å². The van der Waals surface area contributed by atoms with Gasteiger partial charge in [0.1, 0.15) is 0 Å². The Morgan fingerprint density at radius 2 is 2.26 bits per heavy atom. The largest absolute Gasteiger partial charge is 0.340 e. The van der Waals surface area contributed by atoms with Gasteiger partial charge in [0.25, 0.3) is 0 Å². The SMILES string of the molecule is CC(C)=CCN1CCC(NCCc2ncno2)CC1. The van der Waals surface area contributed by atoms with Crippen LogP contribution in [0.25, 0.3) is 0 Å². The van der Waals surface area contributed by atoms with Gasteiger partial charge in [0.15, 0.2) is 6.33 Å². The van der Waals surface area contributed by atoms with Crippen molar-refractivity contribution in [1.82, 2.24) is 20.4 Å². The van der Waals surface area contributed by atoms with Crippen molar-refractivity contribution >= 4 is 0 Å². The predicted molar refractivity (Wildman–Crippen MR) is 74.9 cm³/mol. The van der Waals surface area contributed by atoms with Gasteiger partial charge < -0.3 is 9.84 Å². The monoisotopic (exact) mass is 264 g/mol. The van der Waals surface area contributed by atoms with Crippen molar-refractivity contribution in [1.29, 1.82) is 0 Å². The maximum atomic E-state index is 4.98. The highest BCUT2D eigenvalue weighted by Crippen LogP contribution is 2.10. The lowest BCUT2D eigenvalue weighted by Crippen LogP contribution is -2.43. The van der Waals surface area contributed by atoms with E-state index in [0.717, 1.165) is 19.5 Å². The van der Waals surface area contributed by atoms with E-state index in [4.69, 9.17) is 4.52 Å². The molecule has 1 aromatic rings. The molecule has 106 valence electrons. The second-order valence-corrected chi connectivity index (χ2v) is 5.40. The summed E-state index contributed by atoms with van der Waals surface area (Å²) in [6.07, 6.45) is 7.03. The van der Waals surface area contributed by atoms with E-state index in [1.165, 1.54) is 37.8 Å². The minimum absolute atomic E-state index is 0.630. The number of piperidine rings is 1. The summed E-state index contributed by atoms with van der Waals surface area (Å²) < 4.78 is 4.98. The molecule has 1 aliphatic heterocycles. The van der Waals surface area contributed by atoms with Crippen molar-refractivity contribution in [3.05, 3.63) is 23.9 Å². The lowest BCUT2D eigenvalue weighted by molar-refractivity contribution is 0.214. The third kappa shape index (κ3) is 5.12. The van der Waals surface area contributed by atoms with E-state index in [1.54, 1.807) is 0 Å².